The number of nitrogens with zero attached hydrogens (tertiary/aromatic N) is 4. The van der Waals surface area contributed by atoms with E-state index in [2.05, 4.69) is 55.9 Å². The molecule has 0 spiro atoms. The van der Waals surface area contributed by atoms with E-state index in [1.165, 1.54) is 16.8 Å². The molecule has 0 radical (unpaired) electrons. The Kier molecular flexibility index (Phi) is 6.52. The summed E-state index contributed by atoms with van der Waals surface area (Å²) >= 11 is 1.73. The molecule has 30 heavy (non-hydrogen) atoms. The lowest BCUT2D eigenvalue weighted by Crippen LogP contribution is -2.44. The summed E-state index contributed by atoms with van der Waals surface area (Å²) in [5.41, 5.74) is 2.61. The van der Waals surface area contributed by atoms with Gasteiger partial charge in [0.2, 0.25) is 5.91 Å². The number of thioether (sulfide) groups is 1. The smallest absolute Gasteiger partial charge is 0.263 e. The lowest BCUT2D eigenvalue weighted by molar-refractivity contribution is -0.125. The van der Waals surface area contributed by atoms with Crippen molar-refractivity contribution in [2.24, 2.45) is 5.92 Å². The van der Waals surface area contributed by atoms with Crippen molar-refractivity contribution in [3.05, 3.63) is 41.9 Å². The lowest BCUT2D eigenvalue weighted by Gasteiger charge is -2.33. The molecule has 3 heterocycles. The van der Waals surface area contributed by atoms with E-state index in [-0.39, 0.29) is 11.8 Å². The van der Waals surface area contributed by atoms with Gasteiger partial charge in [0.15, 0.2) is 0 Å². The molecule has 2 aromatic heterocycles. The number of fused-ring (bicyclic) bond motifs is 1. The molecule has 3 aromatic rings. The average molecular weight is 426 g/mol. The van der Waals surface area contributed by atoms with Crippen molar-refractivity contribution in [3.63, 3.8) is 0 Å². The van der Waals surface area contributed by atoms with Gasteiger partial charge in [0.05, 0.1) is 11.6 Å². The number of hydrogen-bond acceptors (Lipinski definition) is 7. The van der Waals surface area contributed by atoms with Gasteiger partial charge >= 0.3 is 0 Å². The second-order valence-corrected chi connectivity index (χ2v) is 8.41. The van der Waals surface area contributed by atoms with Crippen molar-refractivity contribution >= 4 is 34.6 Å². The molecule has 1 atom stereocenters. The zero-order chi connectivity index (χ0) is 20.9. The summed E-state index contributed by atoms with van der Waals surface area (Å²) in [5, 5.41) is 8.11. The van der Waals surface area contributed by atoms with Crippen LogP contribution < -0.4 is 10.2 Å². The molecule has 1 unspecified atom stereocenters. The molecule has 7 nitrogen and oxygen atoms in total. The Morgan fingerprint density at radius 2 is 2.13 bits per heavy atom. The van der Waals surface area contributed by atoms with Crippen LogP contribution in [0.1, 0.15) is 31.0 Å². The molecule has 1 aliphatic rings. The zero-order valence-electron chi connectivity index (χ0n) is 17.4. The molecule has 1 aliphatic heterocycles. The monoisotopic (exact) mass is 425 g/mol. The third kappa shape index (κ3) is 4.43. The quantitative estimate of drug-likeness (QED) is 0.580. The van der Waals surface area contributed by atoms with Gasteiger partial charge in [-0.15, -0.1) is 11.8 Å². The molecule has 0 aliphatic carbocycles. The number of piperidine rings is 1. The molecule has 0 saturated carbocycles. The van der Waals surface area contributed by atoms with Crippen LogP contribution in [0.5, 0.6) is 0 Å². The van der Waals surface area contributed by atoms with E-state index in [1.807, 2.05) is 6.92 Å². The number of rotatable bonds is 7. The molecular weight excluding hydrogens is 398 g/mol. The second kappa shape index (κ2) is 9.47. The number of anilines is 1. The molecule has 1 amide bonds. The topological polar surface area (TPSA) is 84.2 Å². The number of nitrogens with one attached hydrogen (secondary N) is 1. The van der Waals surface area contributed by atoms with Gasteiger partial charge in [-0.3, -0.25) is 4.79 Å². The first-order chi connectivity index (χ1) is 14.7. The van der Waals surface area contributed by atoms with Gasteiger partial charge in [-0.25, -0.2) is 4.98 Å². The van der Waals surface area contributed by atoms with Gasteiger partial charge in [-0.1, -0.05) is 24.2 Å². The van der Waals surface area contributed by atoms with Crippen LogP contribution in [0.4, 0.5) is 5.82 Å². The Labute approximate surface area is 180 Å². The number of aromatic nitrogens is 3. The summed E-state index contributed by atoms with van der Waals surface area (Å²) in [4.78, 5) is 24.9. The molecule has 1 saturated heterocycles. The zero-order valence-corrected chi connectivity index (χ0v) is 18.2. The predicted molar refractivity (Wildman–Crippen MR) is 119 cm³/mol. The van der Waals surface area contributed by atoms with Crippen LogP contribution in [0.25, 0.3) is 11.1 Å². The normalized spacial score (nSPS) is 16.7. The summed E-state index contributed by atoms with van der Waals surface area (Å²) in [6.07, 6.45) is 7.01. The van der Waals surface area contributed by atoms with Crippen molar-refractivity contribution in [2.75, 3.05) is 30.8 Å². The first kappa shape index (κ1) is 20.7. The molecular formula is C22H27N5O2S. The minimum atomic E-state index is -0.0485. The Hall–Kier alpha value is -2.61. The van der Waals surface area contributed by atoms with Crippen LogP contribution in [-0.2, 0) is 17.6 Å². The van der Waals surface area contributed by atoms with Crippen molar-refractivity contribution < 1.29 is 9.32 Å². The van der Waals surface area contributed by atoms with Crippen molar-refractivity contribution in [1.29, 1.82) is 0 Å². The summed E-state index contributed by atoms with van der Waals surface area (Å²) in [6, 6.07) is 8.51. The standard InChI is InChI=1S/C22H27N5O2S/c1-3-18-19-20(24-14-25-22(19)29-26-18)27-12-4-5-16(13-27)21(28)23-11-10-15-6-8-17(30-2)9-7-15/h6-9,14,16H,3-5,10-13H2,1-2H3,(H,23,28). The van der Waals surface area contributed by atoms with Crippen LogP contribution in [0, 0.1) is 5.92 Å². The van der Waals surface area contributed by atoms with Gasteiger partial charge < -0.3 is 14.7 Å². The van der Waals surface area contributed by atoms with Crippen LogP contribution >= 0.6 is 11.8 Å². The Bertz CT molecular complexity index is 1000. The Morgan fingerprint density at radius 1 is 1.30 bits per heavy atom. The maximum Gasteiger partial charge on any atom is 0.263 e. The maximum atomic E-state index is 12.8. The van der Waals surface area contributed by atoms with E-state index >= 15 is 0 Å². The van der Waals surface area contributed by atoms with Crippen LogP contribution in [-0.4, -0.2) is 46.9 Å². The van der Waals surface area contributed by atoms with E-state index in [1.54, 1.807) is 11.8 Å². The third-order valence-corrected chi connectivity index (χ3v) is 6.37. The molecule has 4 rings (SSSR count). The highest BCUT2D eigenvalue weighted by molar-refractivity contribution is 7.98. The van der Waals surface area contributed by atoms with Crippen LogP contribution in [0.3, 0.4) is 0 Å². The van der Waals surface area contributed by atoms with Gasteiger partial charge in [0.25, 0.3) is 5.71 Å². The minimum absolute atomic E-state index is 0.0485. The van der Waals surface area contributed by atoms with Crippen LogP contribution in [0.15, 0.2) is 40.0 Å². The Balaban J connectivity index is 1.38. The number of aryl methyl sites for hydroxylation is 1. The maximum absolute atomic E-state index is 12.8. The number of carbonyl (C=O) groups is 1. The molecule has 8 heteroatoms. The molecule has 158 valence electrons. The fourth-order valence-electron chi connectivity index (χ4n) is 3.96. The van der Waals surface area contributed by atoms with E-state index in [9.17, 15) is 4.79 Å². The number of carbonyl (C=O) groups excluding carboxylic acids is 1. The van der Waals surface area contributed by atoms with E-state index in [4.69, 9.17) is 4.52 Å². The summed E-state index contributed by atoms with van der Waals surface area (Å²) in [6.45, 7) is 4.20. The fraction of sp³-hybridized carbons (Fsp3) is 0.455. The number of hydrogen-bond donors (Lipinski definition) is 1. The first-order valence-electron chi connectivity index (χ1n) is 10.4. The highest BCUT2D eigenvalue weighted by Crippen LogP contribution is 2.30. The fourth-order valence-corrected chi connectivity index (χ4v) is 4.37. The van der Waals surface area contributed by atoms with Crippen molar-refractivity contribution in [3.8, 4) is 0 Å². The predicted octanol–water partition coefficient (Wildman–Crippen LogP) is 3.48. The highest BCUT2D eigenvalue weighted by atomic mass is 32.2. The number of amides is 1. The SMILES string of the molecule is CCc1noc2ncnc(N3CCCC(C(=O)NCCc4ccc(SC)cc4)C3)c12. The minimum Gasteiger partial charge on any atom is -0.355 e. The first-order valence-corrected chi connectivity index (χ1v) is 11.7. The molecule has 1 aromatic carbocycles. The Morgan fingerprint density at radius 3 is 2.90 bits per heavy atom. The second-order valence-electron chi connectivity index (χ2n) is 7.53. The summed E-state index contributed by atoms with van der Waals surface area (Å²) in [5.74, 6) is 0.892. The third-order valence-electron chi connectivity index (χ3n) is 5.62. The van der Waals surface area contributed by atoms with Gasteiger partial charge in [0, 0.05) is 24.5 Å². The van der Waals surface area contributed by atoms with E-state index in [0.717, 1.165) is 49.1 Å². The van der Waals surface area contributed by atoms with Crippen molar-refractivity contribution in [1.82, 2.24) is 20.4 Å². The van der Waals surface area contributed by atoms with Crippen LogP contribution in [0.2, 0.25) is 0 Å². The van der Waals surface area contributed by atoms with Gasteiger partial charge in [0.1, 0.15) is 17.5 Å². The molecule has 1 fully saturated rings. The number of benzene rings is 1. The largest absolute Gasteiger partial charge is 0.355 e. The molecule has 1 N–H and O–H groups in total. The van der Waals surface area contributed by atoms with Gasteiger partial charge in [-0.05, 0) is 49.6 Å². The lowest BCUT2D eigenvalue weighted by atomic mass is 9.96. The van der Waals surface area contributed by atoms with E-state index < -0.39 is 0 Å². The summed E-state index contributed by atoms with van der Waals surface area (Å²) < 4.78 is 5.35. The average Bonchev–Trinajstić information content (AvgIpc) is 3.23. The van der Waals surface area contributed by atoms with E-state index in [0.29, 0.717) is 18.8 Å². The highest BCUT2D eigenvalue weighted by Gasteiger charge is 2.28. The summed E-state index contributed by atoms with van der Waals surface area (Å²) in [7, 11) is 0. The molecule has 0 bridgehead atoms. The van der Waals surface area contributed by atoms with Gasteiger partial charge in [-0.2, -0.15) is 4.98 Å². The van der Waals surface area contributed by atoms with Crippen molar-refractivity contribution in [2.45, 2.75) is 37.5 Å².